The average molecular weight is 375 g/mol. The fourth-order valence-electron chi connectivity index (χ4n) is 1.78. The van der Waals surface area contributed by atoms with Crippen molar-refractivity contribution in [1.29, 1.82) is 0 Å². The standard InChI is InChI=1S/C11H14IN5O2/c1-19-7(18)4-2-3-5-17-11-8(9(12)16-17)10(13)14-6-15-11/h6H,2-5H2,1H3,(H2,13,14,15). The van der Waals surface area contributed by atoms with Crippen LogP contribution in [-0.4, -0.2) is 32.8 Å². The fourth-order valence-corrected chi connectivity index (χ4v) is 2.55. The number of nitrogens with two attached hydrogens (primary N) is 1. The zero-order chi connectivity index (χ0) is 13.8. The molecule has 0 radical (unpaired) electrons. The summed E-state index contributed by atoms with van der Waals surface area (Å²) in [6.07, 6.45) is 3.43. The lowest BCUT2D eigenvalue weighted by molar-refractivity contribution is -0.140. The number of carbonyl (C=O) groups is 1. The summed E-state index contributed by atoms with van der Waals surface area (Å²) in [5, 5.41) is 5.18. The number of aromatic nitrogens is 4. The van der Waals surface area contributed by atoms with Crippen molar-refractivity contribution in [3.8, 4) is 0 Å². The summed E-state index contributed by atoms with van der Waals surface area (Å²) in [5.41, 5.74) is 6.54. The van der Waals surface area contributed by atoms with Gasteiger partial charge in [0.25, 0.3) is 0 Å². The van der Waals surface area contributed by atoms with Crippen LogP contribution >= 0.6 is 22.6 Å². The summed E-state index contributed by atoms with van der Waals surface area (Å²) in [6, 6.07) is 0. The first-order chi connectivity index (χ1) is 9.13. The third kappa shape index (κ3) is 3.11. The molecule has 0 spiro atoms. The number of hydrogen-bond donors (Lipinski definition) is 1. The van der Waals surface area contributed by atoms with Crippen molar-refractivity contribution in [3.63, 3.8) is 0 Å². The van der Waals surface area contributed by atoms with Crippen molar-refractivity contribution in [2.45, 2.75) is 25.8 Å². The largest absolute Gasteiger partial charge is 0.469 e. The van der Waals surface area contributed by atoms with Gasteiger partial charge in [-0.25, -0.2) is 14.6 Å². The molecule has 0 saturated heterocycles. The van der Waals surface area contributed by atoms with Crippen molar-refractivity contribution in [2.24, 2.45) is 0 Å². The van der Waals surface area contributed by atoms with E-state index in [9.17, 15) is 4.79 Å². The highest BCUT2D eigenvalue weighted by Gasteiger charge is 2.12. The van der Waals surface area contributed by atoms with Crippen molar-refractivity contribution >= 4 is 45.4 Å². The predicted octanol–water partition coefficient (Wildman–Crippen LogP) is 1.36. The molecular formula is C11H14IN5O2. The zero-order valence-electron chi connectivity index (χ0n) is 10.5. The van der Waals surface area contributed by atoms with Gasteiger partial charge in [0.1, 0.15) is 15.8 Å². The van der Waals surface area contributed by atoms with Crippen LogP contribution in [0.15, 0.2) is 6.33 Å². The Balaban J connectivity index is 2.05. The molecule has 19 heavy (non-hydrogen) atoms. The smallest absolute Gasteiger partial charge is 0.305 e. The highest BCUT2D eigenvalue weighted by Crippen LogP contribution is 2.22. The van der Waals surface area contributed by atoms with Gasteiger partial charge < -0.3 is 10.5 Å². The molecule has 0 amide bonds. The maximum Gasteiger partial charge on any atom is 0.305 e. The van der Waals surface area contributed by atoms with E-state index in [0.717, 1.165) is 27.6 Å². The average Bonchev–Trinajstić information content (AvgIpc) is 2.72. The monoisotopic (exact) mass is 375 g/mol. The second kappa shape index (κ2) is 6.13. The molecule has 2 heterocycles. The fraction of sp³-hybridized carbons (Fsp3) is 0.455. The maximum atomic E-state index is 11.0. The predicted molar refractivity (Wildman–Crippen MR) is 78.3 cm³/mol. The first kappa shape index (κ1) is 14.0. The Morgan fingerprint density at radius 1 is 1.47 bits per heavy atom. The molecule has 0 atom stereocenters. The Morgan fingerprint density at radius 3 is 3.00 bits per heavy atom. The van der Waals surface area contributed by atoms with Crippen LogP contribution in [0.2, 0.25) is 0 Å². The molecular weight excluding hydrogens is 361 g/mol. The van der Waals surface area contributed by atoms with Gasteiger partial charge in [-0.1, -0.05) is 0 Å². The second-order valence-corrected chi connectivity index (χ2v) is 5.03. The number of nitrogens with zero attached hydrogens (tertiary/aromatic N) is 4. The Kier molecular flexibility index (Phi) is 4.51. The molecule has 0 bridgehead atoms. The van der Waals surface area contributed by atoms with Gasteiger partial charge in [-0.2, -0.15) is 5.10 Å². The van der Waals surface area contributed by atoms with E-state index in [1.165, 1.54) is 13.4 Å². The van der Waals surface area contributed by atoms with E-state index in [1.54, 1.807) is 4.68 Å². The topological polar surface area (TPSA) is 95.9 Å². The number of nitrogen functional groups attached to an aromatic ring is 1. The van der Waals surface area contributed by atoms with Crippen LogP contribution in [0.5, 0.6) is 0 Å². The number of unbranched alkanes of at least 4 members (excludes halogenated alkanes) is 1. The Bertz CT molecular complexity index is 598. The molecule has 8 heteroatoms. The van der Waals surface area contributed by atoms with Crippen LogP contribution in [0.25, 0.3) is 11.0 Å². The Labute approximate surface area is 123 Å². The Hall–Kier alpha value is -1.45. The van der Waals surface area contributed by atoms with Gasteiger partial charge in [-0.3, -0.25) is 4.79 Å². The van der Waals surface area contributed by atoms with Gasteiger partial charge in [0.2, 0.25) is 0 Å². The van der Waals surface area contributed by atoms with E-state index < -0.39 is 0 Å². The molecule has 0 aliphatic heterocycles. The van der Waals surface area contributed by atoms with Gasteiger partial charge in [0.05, 0.1) is 12.5 Å². The van der Waals surface area contributed by atoms with Crippen LogP contribution in [0, 0.1) is 3.70 Å². The first-order valence-electron chi connectivity index (χ1n) is 5.82. The summed E-state index contributed by atoms with van der Waals surface area (Å²) in [7, 11) is 1.39. The lowest BCUT2D eigenvalue weighted by Crippen LogP contribution is -2.04. The van der Waals surface area contributed by atoms with E-state index in [2.05, 4.69) is 42.4 Å². The molecule has 0 aliphatic carbocycles. The Morgan fingerprint density at radius 2 is 2.26 bits per heavy atom. The van der Waals surface area contributed by atoms with Crippen molar-refractivity contribution in [1.82, 2.24) is 19.7 Å². The summed E-state index contributed by atoms with van der Waals surface area (Å²) in [6.45, 7) is 0.687. The van der Waals surface area contributed by atoms with Gasteiger partial charge in [-0.15, -0.1) is 0 Å². The lowest BCUT2D eigenvalue weighted by Gasteiger charge is -2.02. The first-order valence-corrected chi connectivity index (χ1v) is 6.90. The van der Waals surface area contributed by atoms with Crippen LogP contribution < -0.4 is 5.73 Å². The highest BCUT2D eigenvalue weighted by atomic mass is 127. The van der Waals surface area contributed by atoms with Gasteiger partial charge in [0.15, 0.2) is 5.65 Å². The third-order valence-electron chi connectivity index (χ3n) is 2.74. The molecule has 102 valence electrons. The van der Waals surface area contributed by atoms with E-state index >= 15 is 0 Å². The van der Waals surface area contributed by atoms with Crippen molar-refractivity contribution < 1.29 is 9.53 Å². The molecule has 0 fully saturated rings. The van der Waals surface area contributed by atoms with Crippen LogP contribution in [0.4, 0.5) is 5.82 Å². The van der Waals surface area contributed by atoms with E-state index in [1.807, 2.05) is 0 Å². The molecule has 2 N–H and O–H groups in total. The summed E-state index contributed by atoms with van der Waals surface area (Å²) in [5.74, 6) is 0.252. The number of anilines is 1. The second-order valence-electron chi connectivity index (χ2n) is 4.00. The lowest BCUT2D eigenvalue weighted by atomic mass is 10.2. The number of hydrogen-bond acceptors (Lipinski definition) is 6. The quantitative estimate of drug-likeness (QED) is 0.482. The molecule has 2 rings (SSSR count). The van der Waals surface area contributed by atoms with Crippen LogP contribution in [0.1, 0.15) is 19.3 Å². The number of rotatable bonds is 5. The number of aryl methyl sites for hydroxylation is 1. The van der Waals surface area contributed by atoms with Crippen LogP contribution in [-0.2, 0) is 16.1 Å². The molecule has 0 aliphatic rings. The number of halogens is 1. The van der Waals surface area contributed by atoms with E-state index in [-0.39, 0.29) is 5.97 Å². The summed E-state index contributed by atoms with van der Waals surface area (Å²) in [4.78, 5) is 19.2. The number of ether oxygens (including phenoxy) is 1. The van der Waals surface area contributed by atoms with Crippen molar-refractivity contribution in [2.75, 3.05) is 12.8 Å². The molecule has 7 nitrogen and oxygen atoms in total. The summed E-state index contributed by atoms with van der Waals surface area (Å²) >= 11 is 2.12. The molecule has 0 saturated carbocycles. The number of fused-ring (bicyclic) bond motifs is 1. The number of methoxy groups -OCH3 is 1. The minimum absolute atomic E-state index is 0.188. The maximum absolute atomic E-state index is 11.0. The molecule has 0 aromatic carbocycles. The van der Waals surface area contributed by atoms with E-state index in [4.69, 9.17) is 5.73 Å². The van der Waals surface area contributed by atoms with Crippen molar-refractivity contribution in [3.05, 3.63) is 10.0 Å². The van der Waals surface area contributed by atoms with Gasteiger partial charge >= 0.3 is 5.97 Å². The molecule has 2 aromatic rings. The minimum Gasteiger partial charge on any atom is -0.469 e. The SMILES string of the molecule is COC(=O)CCCCn1nc(I)c2c(N)ncnc21. The zero-order valence-corrected chi connectivity index (χ0v) is 12.6. The molecule has 0 unspecified atom stereocenters. The number of esters is 1. The highest BCUT2D eigenvalue weighted by molar-refractivity contribution is 14.1. The minimum atomic E-state index is -0.188. The van der Waals surface area contributed by atoms with Crippen LogP contribution in [0.3, 0.4) is 0 Å². The number of carbonyl (C=O) groups excluding carboxylic acids is 1. The van der Waals surface area contributed by atoms with E-state index in [0.29, 0.717) is 18.8 Å². The van der Waals surface area contributed by atoms with Gasteiger partial charge in [-0.05, 0) is 35.4 Å². The third-order valence-corrected chi connectivity index (χ3v) is 3.50. The summed E-state index contributed by atoms with van der Waals surface area (Å²) < 4.78 is 7.18. The van der Waals surface area contributed by atoms with Gasteiger partial charge in [0, 0.05) is 13.0 Å². The molecule has 2 aromatic heterocycles. The normalized spacial score (nSPS) is 10.8.